The van der Waals surface area contributed by atoms with Gasteiger partial charge in [0, 0.05) is 17.8 Å². The molecule has 1 N–H and O–H groups in total. The number of rotatable bonds is 5. The summed E-state index contributed by atoms with van der Waals surface area (Å²) in [4.78, 5) is 37.9. The molecule has 0 saturated carbocycles. The van der Waals surface area contributed by atoms with Gasteiger partial charge in [0.15, 0.2) is 0 Å². The summed E-state index contributed by atoms with van der Waals surface area (Å²) in [6, 6.07) is 15.8. The third-order valence-electron chi connectivity index (χ3n) is 5.20. The van der Waals surface area contributed by atoms with E-state index in [9.17, 15) is 32.9 Å². The number of hydrogen-bond donors (Lipinski definition) is 1. The van der Waals surface area contributed by atoms with Crippen molar-refractivity contribution < 1.29 is 27.7 Å². The van der Waals surface area contributed by atoms with Crippen LogP contribution in [0.25, 0.3) is 5.57 Å². The zero-order valence-corrected chi connectivity index (χ0v) is 17.6. The van der Waals surface area contributed by atoms with Crippen LogP contribution < -0.4 is 10.2 Å². The molecule has 172 valence electrons. The molecule has 0 spiro atoms. The van der Waals surface area contributed by atoms with Gasteiger partial charge in [-0.25, -0.2) is 4.90 Å². The van der Waals surface area contributed by atoms with Crippen LogP contribution in [0.2, 0.25) is 0 Å². The molecular formula is C24H16F3N3O4. The van der Waals surface area contributed by atoms with Crippen LogP contribution in [0.4, 0.5) is 30.2 Å². The Morgan fingerprint density at radius 1 is 0.912 bits per heavy atom. The molecule has 1 heterocycles. The normalized spacial score (nSPS) is 14.1. The van der Waals surface area contributed by atoms with E-state index in [1.807, 2.05) is 6.92 Å². The summed E-state index contributed by atoms with van der Waals surface area (Å²) in [5, 5.41) is 13.7. The van der Waals surface area contributed by atoms with Crippen LogP contribution in [0.1, 0.15) is 16.7 Å². The average molecular weight is 467 g/mol. The van der Waals surface area contributed by atoms with E-state index in [1.165, 1.54) is 36.4 Å². The standard InChI is InChI=1S/C24H16F3N3O4/c1-14-5-9-18(10-6-14)29-22(31)20(15-7-11-19(12-8-15)30(33)34)21(23(29)32)28-17-4-2-3-16(13-17)24(25,26)27/h2-13,28H,1H3. The first-order valence-corrected chi connectivity index (χ1v) is 9.95. The van der Waals surface area contributed by atoms with E-state index in [2.05, 4.69) is 5.32 Å². The highest BCUT2D eigenvalue weighted by atomic mass is 19.4. The van der Waals surface area contributed by atoms with Gasteiger partial charge in [-0.3, -0.25) is 19.7 Å². The second-order valence-corrected chi connectivity index (χ2v) is 7.54. The minimum absolute atomic E-state index is 0.0452. The molecule has 0 unspecified atom stereocenters. The number of anilines is 2. The SMILES string of the molecule is Cc1ccc(N2C(=O)C(Nc3cccc(C(F)(F)F)c3)=C(c3ccc([N+](=O)[O-])cc3)C2=O)cc1. The van der Waals surface area contributed by atoms with E-state index >= 15 is 0 Å². The molecule has 7 nitrogen and oxygen atoms in total. The summed E-state index contributed by atoms with van der Waals surface area (Å²) >= 11 is 0. The number of carbonyl (C=O) groups is 2. The van der Waals surface area contributed by atoms with Gasteiger partial charge in [-0.1, -0.05) is 23.8 Å². The third kappa shape index (κ3) is 4.25. The number of hydrogen-bond acceptors (Lipinski definition) is 5. The fourth-order valence-electron chi connectivity index (χ4n) is 3.51. The molecule has 1 aliphatic rings. The van der Waals surface area contributed by atoms with Crippen LogP contribution in [0.3, 0.4) is 0 Å². The van der Waals surface area contributed by atoms with Crippen molar-refractivity contribution in [2.24, 2.45) is 0 Å². The molecule has 34 heavy (non-hydrogen) atoms. The maximum absolute atomic E-state index is 13.3. The first-order valence-electron chi connectivity index (χ1n) is 9.95. The quantitative estimate of drug-likeness (QED) is 0.312. The van der Waals surface area contributed by atoms with E-state index in [4.69, 9.17) is 0 Å². The summed E-state index contributed by atoms with van der Waals surface area (Å²) in [5.74, 6) is -1.48. The monoisotopic (exact) mass is 467 g/mol. The van der Waals surface area contributed by atoms with Crippen molar-refractivity contribution in [2.75, 3.05) is 10.2 Å². The summed E-state index contributed by atoms with van der Waals surface area (Å²) in [6.07, 6.45) is -4.60. The lowest BCUT2D eigenvalue weighted by Crippen LogP contribution is -2.32. The van der Waals surface area contributed by atoms with Crippen molar-refractivity contribution in [1.82, 2.24) is 0 Å². The average Bonchev–Trinajstić information content (AvgIpc) is 3.03. The van der Waals surface area contributed by atoms with Gasteiger partial charge < -0.3 is 5.32 Å². The zero-order chi connectivity index (χ0) is 24.6. The number of non-ortho nitro benzene ring substituents is 1. The Hall–Kier alpha value is -4.47. The van der Waals surface area contributed by atoms with Crippen LogP contribution in [0, 0.1) is 17.0 Å². The molecular weight excluding hydrogens is 451 g/mol. The number of imide groups is 1. The lowest BCUT2D eigenvalue weighted by atomic mass is 10.0. The van der Waals surface area contributed by atoms with Gasteiger partial charge in [0.2, 0.25) is 0 Å². The first-order chi connectivity index (χ1) is 16.1. The van der Waals surface area contributed by atoms with Crippen molar-refractivity contribution >= 4 is 34.4 Å². The highest BCUT2D eigenvalue weighted by Gasteiger charge is 2.40. The minimum atomic E-state index is -4.60. The Kier molecular flexibility index (Phi) is 5.66. The highest BCUT2D eigenvalue weighted by Crippen LogP contribution is 2.36. The van der Waals surface area contributed by atoms with Crippen LogP contribution in [-0.2, 0) is 15.8 Å². The van der Waals surface area contributed by atoms with Gasteiger partial charge in [0.1, 0.15) is 5.70 Å². The number of alkyl halides is 3. The van der Waals surface area contributed by atoms with Crippen molar-refractivity contribution in [2.45, 2.75) is 13.1 Å². The van der Waals surface area contributed by atoms with Gasteiger partial charge in [-0.05, 0) is 55.0 Å². The van der Waals surface area contributed by atoms with Gasteiger partial charge in [0.25, 0.3) is 17.5 Å². The Bertz CT molecular complexity index is 1330. The molecule has 3 aromatic rings. The highest BCUT2D eigenvalue weighted by molar-refractivity contribution is 6.46. The lowest BCUT2D eigenvalue weighted by Gasteiger charge is -2.16. The molecule has 0 fully saturated rings. The lowest BCUT2D eigenvalue weighted by molar-refractivity contribution is -0.384. The number of nitrogens with zero attached hydrogens (tertiary/aromatic N) is 2. The number of nitrogens with one attached hydrogen (secondary N) is 1. The van der Waals surface area contributed by atoms with Gasteiger partial charge in [0.05, 0.1) is 21.7 Å². The summed E-state index contributed by atoms with van der Waals surface area (Å²) in [5.41, 5.74) is -0.165. The molecule has 3 aromatic carbocycles. The number of halogens is 3. The molecule has 0 atom stereocenters. The van der Waals surface area contributed by atoms with Gasteiger partial charge >= 0.3 is 6.18 Å². The van der Waals surface area contributed by atoms with Crippen LogP contribution in [0.15, 0.2) is 78.5 Å². The summed E-state index contributed by atoms with van der Waals surface area (Å²) < 4.78 is 39.5. The number of nitro benzene ring substituents is 1. The molecule has 0 bridgehead atoms. The first kappa shape index (κ1) is 22.7. The van der Waals surface area contributed by atoms with E-state index < -0.39 is 28.5 Å². The van der Waals surface area contributed by atoms with Crippen LogP contribution in [-0.4, -0.2) is 16.7 Å². The Morgan fingerprint density at radius 2 is 1.56 bits per heavy atom. The topological polar surface area (TPSA) is 92.6 Å². The summed E-state index contributed by atoms with van der Waals surface area (Å²) in [7, 11) is 0. The van der Waals surface area contributed by atoms with E-state index in [0.717, 1.165) is 22.6 Å². The maximum atomic E-state index is 13.3. The number of aryl methyl sites for hydroxylation is 1. The van der Waals surface area contributed by atoms with Crippen molar-refractivity contribution in [1.29, 1.82) is 0 Å². The fraction of sp³-hybridized carbons (Fsp3) is 0.0833. The molecule has 2 amide bonds. The largest absolute Gasteiger partial charge is 0.416 e. The molecule has 0 radical (unpaired) electrons. The second kappa shape index (κ2) is 8.47. The van der Waals surface area contributed by atoms with Gasteiger partial charge in [-0.2, -0.15) is 13.2 Å². The number of benzene rings is 3. The van der Waals surface area contributed by atoms with Gasteiger partial charge in [-0.15, -0.1) is 0 Å². The molecule has 1 aliphatic heterocycles. The summed E-state index contributed by atoms with van der Waals surface area (Å²) in [6.45, 7) is 1.83. The van der Waals surface area contributed by atoms with Crippen molar-refractivity contribution in [3.05, 3.63) is 105 Å². The third-order valence-corrected chi connectivity index (χ3v) is 5.20. The predicted octanol–water partition coefficient (Wildman–Crippen LogP) is 5.32. The van der Waals surface area contributed by atoms with Crippen molar-refractivity contribution in [3.63, 3.8) is 0 Å². The van der Waals surface area contributed by atoms with E-state index in [1.54, 1.807) is 24.3 Å². The Morgan fingerprint density at radius 3 is 2.15 bits per heavy atom. The van der Waals surface area contributed by atoms with Crippen LogP contribution in [0.5, 0.6) is 0 Å². The number of amides is 2. The molecule has 10 heteroatoms. The predicted molar refractivity (Wildman–Crippen MR) is 119 cm³/mol. The Labute approximate surface area is 191 Å². The Balaban J connectivity index is 1.81. The molecule has 0 aliphatic carbocycles. The second-order valence-electron chi connectivity index (χ2n) is 7.54. The van der Waals surface area contributed by atoms with Crippen LogP contribution >= 0.6 is 0 Å². The number of carbonyl (C=O) groups excluding carboxylic acids is 2. The smallest absolute Gasteiger partial charge is 0.350 e. The maximum Gasteiger partial charge on any atom is 0.416 e. The molecule has 0 saturated heterocycles. The minimum Gasteiger partial charge on any atom is -0.350 e. The number of nitro groups is 1. The molecule has 4 rings (SSSR count). The van der Waals surface area contributed by atoms with E-state index in [0.29, 0.717) is 0 Å². The molecule has 0 aromatic heterocycles. The van der Waals surface area contributed by atoms with E-state index in [-0.39, 0.29) is 33.9 Å². The zero-order valence-electron chi connectivity index (χ0n) is 17.6. The van der Waals surface area contributed by atoms with Crippen molar-refractivity contribution in [3.8, 4) is 0 Å². The fourth-order valence-corrected chi connectivity index (χ4v) is 3.51.